The largest absolute Gasteiger partial charge is 0.317 e. The van der Waals surface area contributed by atoms with Gasteiger partial charge in [0.1, 0.15) is 5.82 Å². The third-order valence-electron chi connectivity index (χ3n) is 6.54. The van der Waals surface area contributed by atoms with Crippen molar-refractivity contribution < 1.29 is 4.39 Å². The fourth-order valence-corrected chi connectivity index (χ4v) is 4.63. The minimum absolute atomic E-state index is 0.264. The van der Waals surface area contributed by atoms with E-state index in [-0.39, 0.29) is 5.82 Å². The molecule has 0 fully saturated rings. The third kappa shape index (κ3) is 6.44. The van der Waals surface area contributed by atoms with Crippen LogP contribution in [0.3, 0.4) is 0 Å². The molecule has 2 aromatic heterocycles. The number of hydrogen-bond donors (Lipinski definition) is 0. The molecule has 3 aromatic carbocycles. The highest BCUT2D eigenvalue weighted by molar-refractivity contribution is 5.79. The van der Waals surface area contributed by atoms with E-state index < -0.39 is 0 Å². The predicted octanol–water partition coefficient (Wildman–Crippen LogP) is 7.76. The van der Waals surface area contributed by atoms with Crippen molar-refractivity contribution in [1.29, 1.82) is 0 Å². The van der Waals surface area contributed by atoms with Gasteiger partial charge in [-0.2, -0.15) is 0 Å². The maximum Gasteiger partial charge on any atom is 0.186 e. The second-order valence-electron chi connectivity index (χ2n) is 9.26. The van der Waals surface area contributed by atoms with Crippen LogP contribution in [0.25, 0.3) is 22.5 Å². The molecule has 3 nitrogen and oxygen atoms in total. The molecule has 5 rings (SSSR count). The number of imidazole rings is 1. The summed E-state index contributed by atoms with van der Waals surface area (Å²) in [5, 5.41) is 0. The van der Waals surface area contributed by atoms with Crippen molar-refractivity contribution in [3.8, 4) is 34.4 Å². The summed E-state index contributed by atoms with van der Waals surface area (Å²) in [4.78, 5) is 9.23. The van der Waals surface area contributed by atoms with E-state index in [1.807, 2.05) is 24.3 Å². The van der Waals surface area contributed by atoms with Crippen LogP contribution in [-0.4, -0.2) is 14.5 Å². The van der Waals surface area contributed by atoms with Gasteiger partial charge >= 0.3 is 0 Å². The Morgan fingerprint density at radius 3 is 1.97 bits per heavy atom. The van der Waals surface area contributed by atoms with Crippen molar-refractivity contribution in [1.82, 2.24) is 14.5 Å². The first kappa shape index (κ1) is 25.2. The first-order chi connectivity index (χ1) is 18.8. The molecule has 0 aliphatic rings. The van der Waals surface area contributed by atoms with Gasteiger partial charge in [0.05, 0.1) is 11.4 Å². The first-order valence-corrected chi connectivity index (χ1v) is 13.1. The van der Waals surface area contributed by atoms with Crippen LogP contribution in [0.5, 0.6) is 0 Å². The van der Waals surface area contributed by atoms with Gasteiger partial charge in [0.15, 0.2) is 5.82 Å². The van der Waals surface area contributed by atoms with Gasteiger partial charge in [0.25, 0.3) is 0 Å². The molecule has 38 heavy (non-hydrogen) atoms. The third-order valence-corrected chi connectivity index (χ3v) is 6.54. The highest BCUT2D eigenvalue weighted by Gasteiger charge is 2.19. The average Bonchev–Trinajstić information content (AvgIpc) is 3.33. The molecule has 2 heterocycles. The minimum Gasteiger partial charge on any atom is -0.317 e. The summed E-state index contributed by atoms with van der Waals surface area (Å²) in [6.45, 7) is 0.773. The van der Waals surface area contributed by atoms with Crippen molar-refractivity contribution in [3.05, 3.63) is 132 Å². The molecule has 0 unspecified atom stereocenters. The number of aryl methyl sites for hydroxylation is 2. The second-order valence-corrected chi connectivity index (χ2v) is 9.26. The van der Waals surface area contributed by atoms with Gasteiger partial charge in [-0.1, -0.05) is 66.6 Å². The molecule has 0 aliphatic heterocycles. The normalized spacial score (nSPS) is 10.7. The van der Waals surface area contributed by atoms with Gasteiger partial charge in [0.2, 0.25) is 0 Å². The van der Waals surface area contributed by atoms with E-state index in [2.05, 4.69) is 69.9 Å². The standard InChI is InChI=1S/C34H30FN3/c35-31-20-18-29(19-21-31)33-34(30-22-24-36-25-23-30)38(26-10-16-28-14-6-2-7-15-28)32(37-33)17-9-3-8-13-27-11-4-1-5-12-27/h1-2,4-7,11-12,14-15,18-25H,3,8,10,13,16,26H2. The fourth-order valence-electron chi connectivity index (χ4n) is 4.63. The number of benzene rings is 3. The first-order valence-electron chi connectivity index (χ1n) is 13.1. The van der Waals surface area contributed by atoms with E-state index in [1.165, 1.54) is 23.3 Å². The number of halogens is 1. The van der Waals surface area contributed by atoms with Gasteiger partial charge < -0.3 is 4.57 Å². The molecule has 0 amide bonds. The van der Waals surface area contributed by atoms with Gasteiger partial charge in [-0.25, -0.2) is 9.37 Å². The molecule has 188 valence electrons. The van der Waals surface area contributed by atoms with Crippen LogP contribution in [0, 0.1) is 17.7 Å². The van der Waals surface area contributed by atoms with E-state index in [4.69, 9.17) is 4.98 Å². The molecule has 0 radical (unpaired) electrons. The van der Waals surface area contributed by atoms with E-state index in [0.717, 1.165) is 67.0 Å². The zero-order chi connectivity index (χ0) is 26.0. The average molecular weight is 500 g/mol. The Morgan fingerprint density at radius 2 is 1.32 bits per heavy atom. The van der Waals surface area contributed by atoms with E-state index in [0.29, 0.717) is 0 Å². The molecule has 4 heteroatoms. The maximum atomic E-state index is 13.7. The molecular weight excluding hydrogens is 469 g/mol. The van der Waals surface area contributed by atoms with Crippen molar-refractivity contribution >= 4 is 0 Å². The van der Waals surface area contributed by atoms with Gasteiger partial charge in [-0.15, -0.1) is 0 Å². The van der Waals surface area contributed by atoms with Crippen molar-refractivity contribution in [2.24, 2.45) is 0 Å². The number of nitrogens with zero attached hydrogens (tertiary/aromatic N) is 3. The smallest absolute Gasteiger partial charge is 0.186 e. The second kappa shape index (κ2) is 12.7. The van der Waals surface area contributed by atoms with Crippen LogP contribution in [0.15, 0.2) is 109 Å². The Labute approximate surface area is 224 Å². The van der Waals surface area contributed by atoms with Crippen molar-refractivity contribution in [2.45, 2.75) is 38.6 Å². The van der Waals surface area contributed by atoms with Gasteiger partial charge in [-0.3, -0.25) is 4.98 Å². The zero-order valence-corrected chi connectivity index (χ0v) is 21.4. The van der Waals surface area contributed by atoms with Crippen molar-refractivity contribution in [2.75, 3.05) is 0 Å². The van der Waals surface area contributed by atoms with E-state index in [1.54, 1.807) is 24.5 Å². The molecule has 0 saturated heterocycles. The Hall–Kier alpha value is -4.49. The molecule has 0 N–H and O–H groups in total. The number of rotatable bonds is 9. The predicted molar refractivity (Wildman–Crippen MR) is 152 cm³/mol. The molecule has 0 spiro atoms. The van der Waals surface area contributed by atoms with Crippen LogP contribution in [0.1, 0.15) is 36.2 Å². The Kier molecular flexibility index (Phi) is 8.38. The zero-order valence-electron chi connectivity index (χ0n) is 21.4. The SMILES string of the molecule is Fc1ccc(-c2nc(C#CCCCc3ccccc3)n(CCCc3ccccc3)c2-c2ccncc2)cc1. The quantitative estimate of drug-likeness (QED) is 0.153. The topological polar surface area (TPSA) is 30.7 Å². The molecule has 0 aliphatic carbocycles. The minimum atomic E-state index is -0.264. The molecule has 0 saturated carbocycles. The summed E-state index contributed by atoms with van der Waals surface area (Å²) in [5.41, 5.74) is 6.32. The summed E-state index contributed by atoms with van der Waals surface area (Å²) >= 11 is 0. The lowest BCUT2D eigenvalue weighted by molar-refractivity contribution is 0.628. The van der Waals surface area contributed by atoms with Crippen molar-refractivity contribution in [3.63, 3.8) is 0 Å². The maximum absolute atomic E-state index is 13.7. The monoisotopic (exact) mass is 499 g/mol. The number of aromatic nitrogens is 3. The van der Waals surface area contributed by atoms with Crippen LogP contribution >= 0.6 is 0 Å². The van der Waals surface area contributed by atoms with Crippen LogP contribution in [-0.2, 0) is 19.4 Å². The lowest BCUT2D eigenvalue weighted by atomic mass is 10.1. The lowest BCUT2D eigenvalue weighted by Gasteiger charge is -2.12. The van der Waals surface area contributed by atoms with E-state index in [9.17, 15) is 4.39 Å². The lowest BCUT2D eigenvalue weighted by Crippen LogP contribution is -2.05. The van der Waals surface area contributed by atoms with Gasteiger partial charge in [0, 0.05) is 36.5 Å². The summed E-state index contributed by atoms with van der Waals surface area (Å²) in [5.74, 6) is 7.22. The molecule has 0 bridgehead atoms. The Balaban J connectivity index is 1.47. The molecule has 5 aromatic rings. The van der Waals surface area contributed by atoms with Crippen LogP contribution in [0.4, 0.5) is 4.39 Å². The van der Waals surface area contributed by atoms with Crippen LogP contribution in [0.2, 0.25) is 0 Å². The summed E-state index contributed by atoms with van der Waals surface area (Å²) < 4.78 is 16.0. The number of unbranched alkanes of at least 4 members (excludes halogenated alkanes) is 1. The molecule has 0 atom stereocenters. The summed E-state index contributed by atoms with van der Waals surface area (Å²) in [7, 11) is 0. The Morgan fingerprint density at radius 1 is 0.684 bits per heavy atom. The van der Waals surface area contributed by atoms with E-state index >= 15 is 0 Å². The highest BCUT2D eigenvalue weighted by Crippen LogP contribution is 2.33. The number of pyridine rings is 1. The highest BCUT2D eigenvalue weighted by atomic mass is 19.1. The van der Waals surface area contributed by atoms with Crippen LogP contribution < -0.4 is 0 Å². The van der Waals surface area contributed by atoms with Gasteiger partial charge in [-0.05, 0) is 79.1 Å². The fraction of sp³-hybridized carbons (Fsp3) is 0.176. The number of hydrogen-bond acceptors (Lipinski definition) is 2. The summed E-state index contributed by atoms with van der Waals surface area (Å²) in [6, 6.07) is 31.5. The molecular formula is C34H30FN3. The Bertz CT molecular complexity index is 1500. The summed E-state index contributed by atoms with van der Waals surface area (Å²) in [6.07, 6.45) is 8.29.